The zero-order valence-corrected chi connectivity index (χ0v) is 18.1. The average molecular weight is 404 g/mol. The smallest absolute Gasteiger partial charge is 0.289 e. The first-order chi connectivity index (χ1) is 14.2. The fourth-order valence-corrected chi connectivity index (χ4v) is 4.31. The van der Waals surface area contributed by atoms with Crippen LogP contribution in [0.5, 0.6) is 0 Å². The van der Waals surface area contributed by atoms with Crippen molar-refractivity contribution in [3.05, 3.63) is 24.2 Å². The van der Waals surface area contributed by atoms with E-state index in [0.29, 0.717) is 18.8 Å². The van der Waals surface area contributed by atoms with Crippen molar-refractivity contribution in [3.8, 4) is 0 Å². The number of aliphatic imine (C=N–C) groups is 1. The Morgan fingerprint density at radius 2 is 1.93 bits per heavy atom. The Morgan fingerprint density at radius 1 is 1.21 bits per heavy atom. The van der Waals surface area contributed by atoms with Gasteiger partial charge in [-0.25, -0.2) is 0 Å². The van der Waals surface area contributed by atoms with Crippen LogP contribution in [0.25, 0.3) is 0 Å². The zero-order valence-electron chi connectivity index (χ0n) is 18.1. The Bertz CT molecular complexity index is 632. The van der Waals surface area contributed by atoms with Crippen LogP contribution in [-0.4, -0.2) is 85.5 Å². The second-order valence-corrected chi connectivity index (χ2v) is 8.12. The van der Waals surface area contributed by atoms with E-state index in [1.807, 2.05) is 4.90 Å². The summed E-state index contributed by atoms with van der Waals surface area (Å²) in [7, 11) is 2.26. The van der Waals surface area contributed by atoms with Gasteiger partial charge in [-0.15, -0.1) is 0 Å². The van der Waals surface area contributed by atoms with Gasteiger partial charge in [0, 0.05) is 45.3 Å². The summed E-state index contributed by atoms with van der Waals surface area (Å²) in [5.74, 6) is 1.36. The third kappa shape index (κ3) is 6.23. The highest BCUT2D eigenvalue weighted by atomic mass is 16.3. The molecular weight excluding hydrogens is 366 g/mol. The predicted octanol–water partition coefficient (Wildman–Crippen LogP) is 2.66. The first-order valence-corrected chi connectivity index (χ1v) is 11.3. The van der Waals surface area contributed by atoms with E-state index in [9.17, 15) is 4.79 Å². The number of nitrogens with one attached hydrogen (secondary N) is 1. The van der Waals surface area contributed by atoms with Gasteiger partial charge in [0.1, 0.15) is 0 Å². The summed E-state index contributed by atoms with van der Waals surface area (Å²) in [5, 5.41) is 3.42. The molecule has 1 saturated heterocycles. The molecule has 1 saturated carbocycles. The van der Waals surface area contributed by atoms with Gasteiger partial charge in [0.15, 0.2) is 11.7 Å². The van der Waals surface area contributed by atoms with Crippen LogP contribution in [0, 0.1) is 0 Å². The van der Waals surface area contributed by atoms with E-state index in [1.54, 1.807) is 18.4 Å². The Balaban J connectivity index is 1.43. The lowest BCUT2D eigenvalue weighted by atomic mass is 9.94. The molecule has 0 spiro atoms. The first kappa shape index (κ1) is 21.7. The maximum absolute atomic E-state index is 12.4. The van der Waals surface area contributed by atoms with Crippen molar-refractivity contribution in [3.63, 3.8) is 0 Å². The molecule has 2 heterocycles. The van der Waals surface area contributed by atoms with Gasteiger partial charge in [-0.3, -0.25) is 9.79 Å². The molecule has 0 bridgehead atoms. The summed E-state index contributed by atoms with van der Waals surface area (Å²) >= 11 is 0. The second-order valence-electron chi connectivity index (χ2n) is 8.12. The highest BCUT2D eigenvalue weighted by molar-refractivity contribution is 5.91. The second kappa shape index (κ2) is 11.2. The van der Waals surface area contributed by atoms with Crippen LogP contribution < -0.4 is 5.32 Å². The van der Waals surface area contributed by atoms with Gasteiger partial charge >= 0.3 is 0 Å². The predicted molar refractivity (Wildman–Crippen MR) is 116 cm³/mol. The third-order valence-corrected chi connectivity index (χ3v) is 6.06. The summed E-state index contributed by atoms with van der Waals surface area (Å²) in [5.41, 5.74) is 0. The largest absolute Gasteiger partial charge is 0.459 e. The van der Waals surface area contributed by atoms with E-state index in [4.69, 9.17) is 9.41 Å². The van der Waals surface area contributed by atoms with E-state index in [2.05, 4.69) is 29.1 Å². The summed E-state index contributed by atoms with van der Waals surface area (Å²) < 4.78 is 5.24. The molecule has 0 unspecified atom stereocenters. The molecule has 1 aliphatic carbocycles. The monoisotopic (exact) mass is 403 g/mol. The van der Waals surface area contributed by atoms with Gasteiger partial charge in [0.2, 0.25) is 0 Å². The molecule has 1 aromatic rings. The minimum atomic E-state index is -0.0256. The third-order valence-electron chi connectivity index (χ3n) is 6.06. The van der Waals surface area contributed by atoms with Crippen LogP contribution in [0.2, 0.25) is 0 Å². The van der Waals surface area contributed by atoms with Gasteiger partial charge in [-0.2, -0.15) is 0 Å². The molecule has 0 aromatic carbocycles. The Kier molecular flexibility index (Phi) is 8.40. The molecule has 1 aliphatic heterocycles. The number of carbonyl (C=O) groups is 1. The highest BCUT2D eigenvalue weighted by Crippen LogP contribution is 2.21. The molecule has 1 amide bonds. The minimum Gasteiger partial charge on any atom is -0.459 e. The van der Waals surface area contributed by atoms with Crippen LogP contribution >= 0.6 is 0 Å². The molecule has 2 aliphatic rings. The molecule has 0 radical (unpaired) electrons. The van der Waals surface area contributed by atoms with Crippen molar-refractivity contribution in [2.45, 2.75) is 51.5 Å². The molecule has 7 heteroatoms. The highest BCUT2D eigenvalue weighted by Gasteiger charge is 2.25. The van der Waals surface area contributed by atoms with Gasteiger partial charge in [0.05, 0.1) is 6.26 Å². The summed E-state index contributed by atoms with van der Waals surface area (Å²) in [4.78, 5) is 23.9. The van der Waals surface area contributed by atoms with Crippen LogP contribution in [0.3, 0.4) is 0 Å². The standard InChI is InChI=1S/C22H37N5O2/c1-3-23-22(24-12-8-13-25(2)19-9-5-4-6-10-19)27-16-14-26(15-17-27)21(28)20-11-7-18-29-20/h7,11,18-19H,3-6,8-10,12-17H2,1-2H3,(H,23,24). The van der Waals surface area contributed by atoms with E-state index in [-0.39, 0.29) is 5.91 Å². The molecule has 2 fully saturated rings. The Hall–Kier alpha value is -2.02. The fourth-order valence-electron chi connectivity index (χ4n) is 4.31. The fraction of sp³-hybridized carbons (Fsp3) is 0.727. The number of furan rings is 1. The number of nitrogens with zero attached hydrogens (tertiary/aromatic N) is 4. The molecule has 162 valence electrons. The van der Waals surface area contributed by atoms with Gasteiger partial charge in [-0.1, -0.05) is 19.3 Å². The maximum Gasteiger partial charge on any atom is 0.289 e. The maximum atomic E-state index is 12.4. The van der Waals surface area contributed by atoms with Gasteiger partial charge in [0.25, 0.3) is 5.91 Å². The van der Waals surface area contributed by atoms with E-state index < -0.39 is 0 Å². The van der Waals surface area contributed by atoms with Crippen LogP contribution in [0.4, 0.5) is 0 Å². The molecular formula is C22H37N5O2. The molecule has 1 N–H and O–H groups in total. The van der Waals surface area contributed by atoms with Gasteiger partial charge < -0.3 is 24.4 Å². The van der Waals surface area contributed by atoms with Crippen molar-refractivity contribution >= 4 is 11.9 Å². The lowest BCUT2D eigenvalue weighted by Crippen LogP contribution is -2.53. The first-order valence-electron chi connectivity index (χ1n) is 11.3. The number of carbonyl (C=O) groups excluding carboxylic acids is 1. The lowest BCUT2D eigenvalue weighted by Gasteiger charge is -2.36. The summed E-state index contributed by atoms with van der Waals surface area (Å²) in [6.45, 7) is 7.86. The Labute approximate surface area is 175 Å². The number of guanidine groups is 1. The Morgan fingerprint density at radius 3 is 2.59 bits per heavy atom. The van der Waals surface area contributed by atoms with E-state index >= 15 is 0 Å². The molecule has 3 rings (SSSR count). The summed E-state index contributed by atoms with van der Waals surface area (Å²) in [6.07, 6.45) is 9.50. The van der Waals surface area contributed by atoms with Crippen LogP contribution in [0.15, 0.2) is 27.8 Å². The topological polar surface area (TPSA) is 64.3 Å². The number of piperazine rings is 1. The van der Waals surface area contributed by atoms with E-state index in [0.717, 1.165) is 51.1 Å². The SMILES string of the molecule is CCNC(=NCCCN(C)C1CCCCC1)N1CCN(C(=O)c2ccco2)CC1. The van der Waals surface area contributed by atoms with E-state index in [1.165, 1.54) is 32.1 Å². The number of hydrogen-bond donors (Lipinski definition) is 1. The lowest BCUT2D eigenvalue weighted by molar-refractivity contribution is 0.0657. The average Bonchev–Trinajstić information content (AvgIpc) is 3.31. The number of rotatable bonds is 7. The number of hydrogen-bond acceptors (Lipinski definition) is 4. The van der Waals surface area contributed by atoms with Crippen molar-refractivity contribution in [2.24, 2.45) is 4.99 Å². The zero-order chi connectivity index (χ0) is 20.5. The van der Waals surface area contributed by atoms with Crippen molar-refractivity contribution in [1.82, 2.24) is 20.0 Å². The summed E-state index contributed by atoms with van der Waals surface area (Å²) in [6, 6.07) is 4.25. The van der Waals surface area contributed by atoms with Crippen molar-refractivity contribution in [1.29, 1.82) is 0 Å². The normalized spacial score (nSPS) is 19.1. The molecule has 1 aromatic heterocycles. The number of amides is 1. The minimum absolute atomic E-state index is 0.0256. The molecule has 7 nitrogen and oxygen atoms in total. The quantitative estimate of drug-likeness (QED) is 0.431. The molecule has 0 atom stereocenters. The molecule has 29 heavy (non-hydrogen) atoms. The van der Waals surface area contributed by atoms with Gasteiger partial charge in [-0.05, 0) is 51.9 Å². The van der Waals surface area contributed by atoms with Crippen LogP contribution in [0.1, 0.15) is 56.0 Å². The van der Waals surface area contributed by atoms with Crippen molar-refractivity contribution in [2.75, 3.05) is 52.9 Å². The van der Waals surface area contributed by atoms with Crippen molar-refractivity contribution < 1.29 is 9.21 Å². The van der Waals surface area contributed by atoms with Crippen LogP contribution in [-0.2, 0) is 0 Å².